The third-order valence-corrected chi connectivity index (χ3v) is 4.78. The van der Waals surface area contributed by atoms with Crippen molar-refractivity contribution in [2.45, 2.75) is 30.7 Å². The molecule has 1 unspecified atom stereocenters. The van der Waals surface area contributed by atoms with Gasteiger partial charge in [-0.05, 0) is 43.8 Å². The van der Waals surface area contributed by atoms with Crippen LogP contribution in [0.1, 0.15) is 30.1 Å². The van der Waals surface area contributed by atoms with Gasteiger partial charge >= 0.3 is 0 Å². The summed E-state index contributed by atoms with van der Waals surface area (Å²) in [5, 5.41) is 3.89. The van der Waals surface area contributed by atoms with Crippen LogP contribution >= 0.6 is 35.8 Å². The van der Waals surface area contributed by atoms with E-state index in [1.165, 1.54) is 0 Å². The highest BCUT2D eigenvalue weighted by atomic mass is 35.5. The molecule has 2 rings (SSSR count). The van der Waals surface area contributed by atoms with Crippen molar-refractivity contribution in [3.05, 3.63) is 28.8 Å². The molecule has 0 bridgehead atoms. The third-order valence-electron chi connectivity index (χ3n) is 3.59. The summed E-state index contributed by atoms with van der Waals surface area (Å²) in [6, 6.07) is 5.99. The zero-order chi connectivity index (χ0) is 14.5. The number of carbonyl (C=O) groups is 1. The molecule has 1 atom stereocenters. The molecular weight excluding hydrogens is 327 g/mol. The average Bonchev–Trinajstić information content (AvgIpc) is 2.48. The molecule has 1 aromatic carbocycles. The SMILES string of the molecule is CCSc1ccc(Cl)cc1C(=O)N1CCCC(NC)C1.Cl. The second kappa shape index (κ2) is 8.89. The Hall–Kier alpha value is -0.420. The molecule has 21 heavy (non-hydrogen) atoms. The van der Waals surface area contributed by atoms with Gasteiger partial charge in [-0.2, -0.15) is 0 Å². The average molecular weight is 349 g/mol. The summed E-state index contributed by atoms with van der Waals surface area (Å²) in [4.78, 5) is 15.7. The number of halogens is 2. The van der Waals surface area contributed by atoms with E-state index in [0.29, 0.717) is 11.1 Å². The number of piperidine rings is 1. The molecule has 3 nitrogen and oxygen atoms in total. The molecule has 0 aliphatic carbocycles. The lowest BCUT2D eigenvalue weighted by atomic mass is 10.0. The summed E-state index contributed by atoms with van der Waals surface area (Å²) in [5.74, 6) is 1.05. The number of hydrogen-bond acceptors (Lipinski definition) is 3. The molecule has 0 radical (unpaired) electrons. The summed E-state index contributed by atoms with van der Waals surface area (Å²) in [6.45, 7) is 3.70. The first-order valence-corrected chi connectivity index (χ1v) is 8.41. The molecule has 118 valence electrons. The monoisotopic (exact) mass is 348 g/mol. The number of thioether (sulfide) groups is 1. The van der Waals surface area contributed by atoms with Crippen LogP contribution in [0.25, 0.3) is 0 Å². The molecule has 1 N–H and O–H groups in total. The number of carbonyl (C=O) groups excluding carboxylic acids is 1. The minimum atomic E-state index is 0. The Balaban J connectivity index is 0.00000220. The predicted octanol–water partition coefficient (Wildman–Crippen LogP) is 3.70. The van der Waals surface area contributed by atoms with E-state index in [9.17, 15) is 4.79 Å². The van der Waals surface area contributed by atoms with Gasteiger partial charge in [0.25, 0.3) is 5.91 Å². The van der Waals surface area contributed by atoms with Crippen molar-refractivity contribution in [1.82, 2.24) is 10.2 Å². The Morgan fingerprint density at radius 1 is 1.52 bits per heavy atom. The van der Waals surface area contributed by atoms with Crippen LogP contribution in [0, 0.1) is 0 Å². The Morgan fingerprint density at radius 3 is 2.95 bits per heavy atom. The highest BCUT2D eigenvalue weighted by Gasteiger charge is 2.25. The minimum absolute atomic E-state index is 0. The van der Waals surface area contributed by atoms with Gasteiger partial charge in [-0.15, -0.1) is 24.2 Å². The zero-order valence-electron chi connectivity index (χ0n) is 12.4. The molecule has 1 heterocycles. The standard InChI is InChI=1S/C15H21ClN2OS.ClH/c1-3-20-14-7-6-11(16)9-13(14)15(19)18-8-4-5-12(10-18)17-2;/h6-7,9,12,17H,3-5,8,10H2,1-2H3;1H. The fourth-order valence-electron chi connectivity index (χ4n) is 2.52. The molecule has 1 amide bonds. The van der Waals surface area contributed by atoms with Crippen molar-refractivity contribution in [2.24, 2.45) is 0 Å². The first-order chi connectivity index (χ1) is 9.65. The smallest absolute Gasteiger partial charge is 0.255 e. The first kappa shape index (κ1) is 18.6. The van der Waals surface area contributed by atoms with E-state index in [2.05, 4.69) is 12.2 Å². The van der Waals surface area contributed by atoms with Crippen molar-refractivity contribution in [2.75, 3.05) is 25.9 Å². The summed E-state index contributed by atoms with van der Waals surface area (Å²) in [7, 11) is 1.95. The fourth-order valence-corrected chi connectivity index (χ4v) is 3.47. The van der Waals surface area contributed by atoms with Crippen molar-refractivity contribution in [3.63, 3.8) is 0 Å². The van der Waals surface area contributed by atoms with Crippen LogP contribution < -0.4 is 5.32 Å². The van der Waals surface area contributed by atoms with E-state index in [4.69, 9.17) is 11.6 Å². The minimum Gasteiger partial charge on any atom is -0.337 e. The van der Waals surface area contributed by atoms with Gasteiger partial charge in [0.2, 0.25) is 0 Å². The number of rotatable bonds is 4. The molecule has 0 aromatic heterocycles. The van der Waals surface area contributed by atoms with Crippen LogP contribution in [0.3, 0.4) is 0 Å². The molecule has 1 aliphatic rings. The normalized spacial score (nSPS) is 18.2. The number of likely N-dealkylation sites (tertiary alicyclic amines) is 1. The second-order valence-electron chi connectivity index (χ2n) is 4.95. The Bertz CT molecular complexity index is 485. The zero-order valence-corrected chi connectivity index (χ0v) is 14.8. The summed E-state index contributed by atoms with van der Waals surface area (Å²) >= 11 is 7.75. The first-order valence-electron chi connectivity index (χ1n) is 7.04. The number of hydrogen-bond donors (Lipinski definition) is 1. The predicted molar refractivity (Wildman–Crippen MR) is 93.1 cm³/mol. The van der Waals surface area contributed by atoms with Gasteiger partial charge < -0.3 is 10.2 Å². The van der Waals surface area contributed by atoms with Crippen LogP contribution in [-0.4, -0.2) is 42.7 Å². The molecular formula is C15H22Cl2N2OS. The summed E-state index contributed by atoms with van der Waals surface area (Å²) in [5.41, 5.74) is 0.737. The third kappa shape index (κ3) is 4.78. The maximum absolute atomic E-state index is 12.7. The maximum atomic E-state index is 12.7. The van der Waals surface area contributed by atoms with Gasteiger partial charge in [0, 0.05) is 29.0 Å². The Labute approximate surface area is 142 Å². The van der Waals surface area contributed by atoms with E-state index in [1.807, 2.05) is 24.1 Å². The number of nitrogens with one attached hydrogen (secondary N) is 1. The molecule has 1 saturated heterocycles. The van der Waals surface area contributed by atoms with Gasteiger partial charge in [-0.3, -0.25) is 4.79 Å². The number of likely N-dealkylation sites (N-methyl/N-ethyl adjacent to an activating group) is 1. The molecule has 1 aliphatic heterocycles. The molecule has 1 fully saturated rings. The van der Waals surface area contributed by atoms with Crippen molar-refractivity contribution in [1.29, 1.82) is 0 Å². The van der Waals surface area contributed by atoms with Gasteiger partial charge in [-0.1, -0.05) is 18.5 Å². The summed E-state index contributed by atoms with van der Waals surface area (Å²) in [6.07, 6.45) is 2.18. The Morgan fingerprint density at radius 2 is 2.29 bits per heavy atom. The number of amides is 1. The lowest BCUT2D eigenvalue weighted by Gasteiger charge is -2.33. The molecule has 0 spiro atoms. The van der Waals surface area contributed by atoms with E-state index >= 15 is 0 Å². The maximum Gasteiger partial charge on any atom is 0.255 e. The van der Waals surface area contributed by atoms with Gasteiger partial charge in [0.15, 0.2) is 0 Å². The molecule has 0 saturated carbocycles. The van der Waals surface area contributed by atoms with Crippen LogP contribution in [0.5, 0.6) is 0 Å². The second-order valence-corrected chi connectivity index (χ2v) is 6.69. The highest BCUT2D eigenvalue weighted by Crippen LogP contribution is 2.27. The lowest BCUT2D eigenvalue weighted by molar-refractivity contribution is 0.0694. The van der Waals surface area contributed by atoms with Crippen LogP contribution in [-0.2, 0) is 0 Å². The quantitative estimate of drug-likeness (QED) is 0.842. The molecule has 1 aromatic rings. The van der Waals surface area contributed by atoms with Crippen LogP contribution in [0.2, 0.25) is 5.02 Å². The lowest BCUT2D eigenvalue weighted by Crippen LogP contribution is -2.47. The van der Waals surface area contributed by atoms with Crippen molar-refractivity contribution < 1.29 is 4.79 Å². The van der Waals surface area contributed by atoms with Gasteiger partial charge in [0.1, 0.15) is 0 Å². The van der Waals surface area contributed by atoms with Crippen LogP contribution in [0.15, 0.2) is 23.1 Å². The topological polar surface area (TPSA) is 32.3 Å². The summed E-state index contributed by atoms with van der Waals surface area (Å²) < 4.78 is 0. The van der Waals surface area contributed by atoms with Crippen molar-refractivity contribution in [3.8, 4) is 0 Å². The van der Waals surface area contributed by atoms with E-state index in [-0.39, 0.29) is 18.3 Å². The van der Waals surface area contributed by atoms with Crippen molar-refractivity contribution >= 4 is 41.7 Å². The number of benzene rings is 1. The molecule has 6 heteroatoms. The highest BCUT2D eigenvalue weighted by molar-refractivity contribution is 7.99. The van der Waals surface area contributed by atoms with Crippen LogP contribution in [0.4, 0.5) is 0 Å². The van der Waals surface area contributed by atoms with E-state index < -0.39 is 0 Å². The van der Waals surface area contributed by atoms with E-state index in [0.717, 1.165) is 42.1 Å². The van der Waals surface area contributed by atoms with Gasteiger partial charge in [0.05, 0.1) is 5.56 Å². The largest absolute Gasteiger partial charge is 0.337 e. The van der Waals surface area contributed by atoms with Gasteiger partial charge in [-0.25, -0.2) is 0 Å². The van der Waals surface area contributed by atoms with E-state index in [1.54, 1.807) is 17.8 Å². The number of nitrogens with zero attached hydrogens (tertiary/aromatic N) is 1. The fraction of sp³-hybridized carbons (Fsp3) is 0.533. The Kier molecular flexibility index (Phi) is 7.88.